The quantitative estimate of drug-likeness (QED) is 0.645. The van der Waals surface area contributed by atoms with E-state index in [0.717, 1.165) is 22.3 Å². The highest BCUT2D eigenvalue weighted by Crippen LogP contribution is 2.31. The number of fused-ring (bicyclic) bond motifs is 1. The third kappa shape index (κ3) is 5.20. The average Bonchev–Trinajstić information content (AvgIpc) is 2.67. The predicted molar refractivity (Wildman–Crippen MR) is 103 cm³/mol. The van der Waals surface area contributed by atoms with E-state index >= 15 is 0 Å². The van der Waals surface area contributed by atoms with Crippen molar-refractivity contribution in [3.05, 3.63) is 77.4 Å². The van der Waals surface area contributed by atoms with E-state index in [1.54, 1.807) is 6.92 Å². The van der Waals surface area contributed by atoms with E-state index in [0.29, 0.717) is 19.4 Å². The van der Waals surface area contributed by atoms with E-state index in [-0.39, 0.29) is 18.6 Å². The molecule has 5 heteroatoms. The number of alkyl carbamates (subject to hydrolysis) is 1. The zero-order valence-corrected chi connectivity index (χ0v) is 15.3. The van der Waals surface area contributed by atoms with E-state index in [1.165, 1.54) is 6.08 Å². The molecular weight excluding hydrogens is 342 g/mol. The number of carbonyl (C=O) groups is 2. The summed E-state index contributed by atoms with van der Waals surface area (Å²) in [4.78, 5) is 24.1. The van der Waals surface area contributed by atoms with Crippen LogP contribution < -0.4 is 5.32 Å². The summed E-state index contributed by atoms with van der Waals surface area (Å²) in [6.07, 6.45) is 2.30. The monoisotopic (exact) mass is 365 g/mol. The standard InChI is InChI=1S/C22H23NO4/c1-2-26-21(24)14-18-13-19(12-17-10-6-7-11-20(17)18)23-22(25)27-15-16-8-4-3-5-9-16/h3-11,14,19H,2,12-13,15H2,1H3,(H,23,25). The zero-order valence-electron chi connectivity index (χ0n) is 15.3. The number of amides is 1. The first kappa shape index (κ1) is 18.7. The highest BCUT2D eigenvalue weighted by molar-refractivity contribution is 5.92. The van der Waals surface area contributed by atoms with Crippen molar-refractivity contribution < 1.29 is 19.1 Å². The summed E-state index contributed by atoms with van der Waals surface area (Å²) in [5.41, 5.74) is 3.92. The van der Waals surface area contributed by atoms with Gasteiger partial charge in [0.2, 0.25) is 0 Å². The van der Waals surface area contributed by atoms with Crippen molar-refractivity contribution >= 4 is 17.6 Å². The maximum Gasteiger partial charge on any atom is 0.407 e. The molecule has 0 fully saturated rings. The van der Waals surface area contributed by atoms with Gasteiger partial charge in [-0.1, -0.05) is 54.6 Å². The molecule has 0 aliphatic heterocycles. The summed E-state index contributed by atoms with van der Waals surface area (Å²) in [7, 11) is 0. The molecule has 0 bridgehead atoms. The SMILES string of the molecule is CCOC(=O)C=C1CC(NC(=O)OCc2ccccc2)Cc2ccccc21. The van der Waals surface area contributed by atoms with Gasteiger partial charge >= 0.3 is 12.1 Å². The van der Waals surface area contributed by atoms with E-state index in [2.05, 4.69) is 5.32 Å². The molecule has 1 aliphatic rings. The minimum atomic E-state index is -0.460. The summed E-state index contributed by atoms with van der Waals surface area (Å²) in [6.45, 7) is 2.33. The Bertz CT molecular complexity index is 829. The van der Waals surface area contributed by atoms with Crippen molar-refractivity contribution in [2.24, 2.45) is 0 Å². The predicted octanol–water partition coefficient (Wildman–Crippen LogP) is 3.87. The molecule has 0 aromatic heterocycles. The number of hydrogen-bond donors (Lipinski definition) is 1. The van der Waals surface area contributed by atoms with Crippen molar-refractivity contribution in [2.75, 3.05) is 6.61 Å². The van der Waals surface area contributed by atoms with Gasteiger partial charge in [0.1, 0.15) is 6.61 Å². The van der Waals surface area contributed by atoms with E-state index in [9.17, 15) is 9.59 Å². The molecule has 140 valence electrons. The van der Waals surface area contributed by atoms with Crippen LogP contribution in [0.1, 0.15) is 30.0 Å². The van der Waals surface area contributed by atoms with Gasteiger partial charge < -0.3 is 14.8 Å². The Hall–Kier alpha value is -3.08. The van der Waals surface area contributed by atoms with Crippen LogP contribution in [0.4, 0.5) is 4.79 Å². The summed E-state index contributed by atoms with van der Waals surface area (Å²) in [6, 6.07) is 17.3. The normalized spacial score (nSPS) is 17.1. The van der Waals surface area contributed by atoms with Crippen LogP contribution in [-0.2, 0) is 27.3 Å². The van der Waals surface area contributed by atoms with Crippen LogP contribution in [0.15, 0.2) is 60.7 Å². The second-order valence-corrected chi connectivity index (χ2v) is 6.39. The first-order chi connectivity index (χ1) is 13.2. The zero-order chi connectivity index (χ0) is 19.1. The lowest BCUT2D eigenvalue weighted by molar-refractivity contribution is -0.137. The summed E-state index contributed by atoms with van der Waals surface area (Å²) < 4.78 is 10.3. The molecule has 1 amide bonds. The molecule has 2 aromatic carbocycles. The molecule has 0 radical (unpaired) electrons. The Morgan fingerprint density at radius 2 is 1.78 bits per heavy atom. The Morgan fingerprint density at radius 1 is 1.04 bits per heavy atom. The molecule has 0 spiro atoms. The van der Waals surface area contributed by atoms with Gasteiger partial charge in [-0.25, -0.2) is 9.59 Å². The fourth-order valence-electron chi connectivity index (χ4n) is 3.22. The molecule has 1 unspecified atom stereocenters. The first-order valence-corrected chi connectivity index (χ1v) is 9.08. The Labute approximate surface area is 159 Å². The van der Waals surface area contributed by atoms with Gasteiger partial charge in [-0.05, 0) is 42.0 Å². The molecule has 5 nitrogen and oxygen atoms in total. The molecule has 0 saturated carbocycles. The second-order valence-electron chi connectivity index (χ2n) is 6.39. The van der Waals surface area contributed by atoms with E-state index < -0.39 is 6.09 Å². The first-order valence-electron chi connectivity index (χ1n) is 9.08. The molecule has 1 N–H and O–H groups in total. The second kappa shape index (κ2) is 9.03. The third-order valence-electron chi connectivity index (χ3n) is 4.41. The number of hydrogen-bond acceptors (Lipinski definition) is 4. The van der Waals surface area contributed by atoms with E-state index in [4.69, 9.17) is 9.47 Å². The van der Waals surface area contributed by atoms with Crippen molar-refractivity contribution in [3.63, 3.8) is 0 Å². The molecule has 0 heterocycles. The van der Waals surface area contributed by atoms with Gasteiger partial charge in [0.15, 0.2) is 0 Å². The molecular formula is C22H23NO4. The maximum absolute atomic E-state index is 12.2. The number of rotatable bonds is 5. The highest BCUT2D eigenvalue weighted by atomic mass is 16.5. The Balaban J connectivity index is 1.66. The number of carbonyl (C=O) groups excluding carboxylic acids is 2. The summed E-state index contributed by atoms with van der Waals surface area (Å²) >= 11 is 0. The lowest BCUT2D eigenvalue weighted by atomic mass is 9.84. The van der Waals surface area contributed by atoms with Gasteiger partial charge in [0.05, 0.1) is 6.61 Å². The Morgan fingerprint density at radius 3 is 2.56 bits per heavy atom. The van der Waals surface area contributed by atoms with Crippen LogP contribution in [0.5, 0.6) is 0 Å². The fraction of sp³-hybridized carbons (Fsp3) is 0.273. The highest BCUT2D eigenvalue weighted by Gasteiger charge is 2.24. The van der Waals surface area contributed by atoms with Crippen LogP contribution in [0.3, 0.4) is 0 Å². The fourth-order valence-corrected chi connectivity index (χ4v) is 3.22. The minimum absolute atomic E-state index is 0.135. The smallest absolute Gasteiger partial charge is 0.407 e. The maximum atomic E-state index is 12.2. The molecule has 27 heavy (non-hydrogen) atoms. The molecule has 3 rings (SSSR count). The van der Waals surface area contributed by atoms with Gasteiger partial charge in [0, 0.05) is 12.1 Å². The number of benzene rings is 2. The van der Waals surface area contributed by atoms with Crippen molar-refractivity contribution in [3.8, 4) is 0 Å². The van der Waals surface area contributed by atoms with Gasteiger partial charge in [-0.3, -0.25) is 0 Å². The lowest BCUT2D eigenvalue weighted by Crippen LogP contribution is -2.38. The number of ether oxygens (including phenoxy) is 2. The van der Waals surface area contributed by atoms with Crippen molar-refractivity contribution in [1.29, 1.82) is 0 Å². The van der Waals surface area contributed by atoms with Crippen LogP contribution in [-0.4, -0.2) is 24.7 Å². The Kier molecular flexibility index (Phi) is 6.26. The molecule has 1 atom stereocenters. The molecule has 2 aromatic rings. The largest absolute Gasteiger partial charge is 0.463 e. The summed E-state index contributed by atoms with van der Waals surface area (Å²) in [5.74, 6) is -0.366. The molecule has 1 aliphatic carbocycles. The van der Waals surface area contributed by atoms with Crippen molar-refractivity contribution in [2.45, 2.75) is 32.4 Å². The third-order valence-corrected chi connectivity index (χ3v) is 4.41. The number of esters is 1. The van der Waals surface area contributed by atoms with Crippen LogP contribution in [0.2, 0.25) is 0 Å². The summed E-state index contributed by atoms with van der Waals surface area (Å²) in [5, 5.41) is 2.91. The lowest BCUT2D eigenvalue weighted by Gasteiger charge is -2.27. The van der Waals surface area contributed by atoms with Crippen molar-refractivity contribution in [1.82, 2.24) is 5.32 Å². The van der Waals surface area contributed by atoms with Gasteiger partial charge in [0.25, 0.3) is 0 Å². The average molecular weight is 365 g/mol. The molecule has 0 saturated heterocycles. The van der Waals surface area contributed by atoms with Crippen LogP contribution in [0.25, 0.3) is 5.57 Å². The topological polar surface area (TPSA) is 64.6 Å². The van der Waals surface area contributed by atoms with Crippen LogP contribution in [0, 0.1) is 0 Å². The van der Waals surface area contributed by atoms with Gasteiger partial charge in [-0.2, -0.15) is 0 Å². The van der Waals surface area contributed by atoms with E-state index in [1.807, 2.05) is 54.6 Å². The minimum Gasteiger partial charge on any atom is -0.463 e. The number of nitrogens with one attached hydrogen (secondary N) is 1. The van der Waals surface area contributed by atoms with Gasteiger partial charge in [-0.15, -0.1) is 0 Å². The van der Waals surface area contributed by atoms with Crippen LogP contribution >= 0.6 is 0 Å².